The molecule has 0 atom stereocenters. The van der Waals surface area contributed by atoms with Gasteiger partial charge in [-0.3, -0.25) is 0 Å². The van der Waals surface area contributed by atoms with Crippen molar-refractivity contribution in [3.05, 3.63) is 86.5 Å². The maximum atomic E-state index is 9.87. The fraction of sp³-hybridized carbons (Fsp3) is 0.652. The number of allylic oxidation sites excluding steroid dienone is 2. The van der Waals surface area contributed by atoms with Crippen LogP contribution < -0.4 is 0 Å². The number of aryl methyl sites for hydroxylation is 4. The zero-order valence-corrected chi connectivity index (χ0v) is 32.3. The molecule has 2 nitrogen and oxygen atoms in total. The number of hydrogen-bond donors (Lipinski definition) is 0. The van der Waals surface area contributed by atoms with Gasteiger partial charge in [0.1, 0.15) is 0 Å². The average Bonchev–Trinajstić information content (AvgIpc) is 3.07. The van der Waals surface area contributed by atoms with E-state index in [9.17, 15) is 5.53 Å². The Bertz CT molecular complexity index is 1230. The van der Waals surface area contributed by atoms with Crippen LogP contribution in [0.2, 0.25) is 0 Å². The van der Waals surface area contributed by atoms with E-state index in [1.54, 1.807) is 0 Å². The molecule has 2 aromatic rings. The zero-order chi connectivity index (χ0) is 34.8. The van der Waals surface area contributed by atoms with Crippen LogP contribution in [0.1, 0.15) is 202 Å². The number of nitrogens with zero attached hydrogens (tertiary/aromatic N) is 2. The second-order valence-electron chi connectivity index (χ2n) is 14.6. The van der Waals surface area contributed by atoms with Gasteiger partial charge in [0.05, 0.1) is 5.57 Å². The molecule has 0 aliphatic rings. The maximum Gasteiger partial charge on any atom is 0.303 e. The average molecular weight is 653 g/mol. The second kappa shape index (κ2) is 26.2. The van der Waals surface area contributed by atoms with Crippen molar-refractivity contribution in [1.82, 2.24) is 0 Å². The summed E-state index contributed by atoms with van der Waals surface area (Å²) in [5, 5.41) is 0. The predicted octanol–water partition coefficient (Wildman–Crippen LogP) is 14.7. The molecule has 2 aromatic carbocycles. The minimum Gasteiger partial charge on any atom is -0.348 e. The van der Waals surface area contributed by atoms with Gasteiger partial charge in [-0.05, 0) is 98.6 Å². The molecule has 0 fully saturated rings. The molecule has 0 aromatic heterocycles. The van der Waals surface area contributed by atoms with Crippen molar-refractivity contribution in [3.8, 4) is 0 Å². The van der Waals surface area contributed by atoms with Crippen LogP contribution in [0.5, 0.6) is 0 Å². The predicted molar refractivity (Wildman–Crippen MR) is 212 cm³/mol. The van der Waals surface area contributed by atoms with Gasteiger partial charge in [0.25, 0.3) is 0 Å². The van der Waals surface area contributed by atoms with Crippen LogP contribution in [-0.2, 0) is 12.8 Å². The Morgan fingerprint density at radius 1 is 0.500 bits per heavy atom. The van der Waals surface area contributed by atoms with Crippen molar-refractivity contribution in [2.45, 2.75) is 196 Å². The van der Waals surface area contributed by atoms with Crippen LogP contribution in [0.3, 0.4) is 0 Å². The lowest BCUT2D eigenvalue weighted by atomic mass is 9.83. The van der Waals surface area contributed by atoms with Crippen molar-refractivity contribution < 1.29 is 4.79 Å². The highest BCUT2D eigenvalue weighted by atomic mass is 14.8. The van der Waals surface area contributed by atoms with E-state index < -0.39 is 0 Å². The summed E-state index contributed by atoms with van der Waals surface area (Å²) in [7, 11) is 0. The summed E-state index contributed by atoms with van der Waals surface area (Å²) in [6, 6.07) is 14.6. The maximum absolute atomic E-state index is 9.87. The molecule has 0 unspecified atom stereocenters. The summed E-state index contributed by atoms with van der Waals surface area (Å²) < 4.78 is 0. The molecule has 0 aliphatic heterocycles. The van der Waals surface area contributed by atoms with Crippen molar-refractivity contribution in [2.24, 2.45) is 0 Å². The van der Waals surface area contributed by atoms with Crippen LogP contribution in [0.4, 0.5) is 0 Å². The highest BCUT2D eigenvalue weighted by Crippen LogP contribution is 2.37. The van der Waals surface area contributed by atoms with Crippen LogP contribution in [0.15, 0.2) is 47.5 Å². The minimum absolute atomic E-state index is 0.891. The Morgan fingerprint density at radius 2 is 0.938 bits per heavy atom. The first-order valence-corrected chi connectivity index (χ1v) is 20.4. The Kier molecular flexibility index (Phi) is 22.7. The quantitative estimate of drug-likeness (QED) is 0.0303. The third kappa shape index (κ3) is 16.6. The summed E-state index contributed by atoms with van der Waals surface area (Å²) in [6.07, 6.45) is 29.8. The lowest BCUT2D eigenvalue weighted by molar-refractivity contribution is 0.00739. The van der Waals surface area contributed by atoms with Crippen molar-refractivity contribution in [1.29, 1.82) is 0 Å². The summed E-state index contributed by atoms with van der Waals surface area (Å²) in [5.41, 5.74) is 21.8. The van der Waals surface area contributed by atoms with E-state index in [1.165, 1.54) is 154 Å². The number of hydrogen-bond acceptors (Lipinski definition) is 0. The van der Waals surface area contributed by atoms with Crippen LogP contribution in [-0.4, -0.2) is 10.7 Å². The van der Waals surface area contributed by atoms with Crippen LogP contribution in [0, 0.1) is 13.8 Å². The van der Waals surface area contributed by atoms with Gasteiger partial charge in [0, 0.05) is 0 Å². The molecule has 0 N–H and O–H groups in total. The minimum atomic E-state index is 0.891. The fourth-order valence-electron chi connectivity index (χ4n) is 7.25. The third-order valence-electron chi connectivity index (χ3n) is 9.90. The van der Waals surface area contributed by atoms with Crippen LogP contribution >= 0.6 is 0 Å². The molecular formula is C46H72N2. The van der Waals surface area contributed by atoms with E-state index in [0.29, 0.717) is 0 Å². The molecule has 2 heteroatoms. The Hall–Kier alpha value is -2.66. The summed E-state index contributed by atoms with van der Waals surface area (Å²) in [4.78, 5) is 3.54. The first kappa shape index (κ1) is 41.5. The van der Waals surface area contributed by atoms with Crippen LogP contribution in [0.25, 0.3) is 11.1 Å². The Labute approximate surface area is 297 Å². The molecule has 0 heterocycles. The van der Waals surface area contributed by atoms with Crippen molar-refractivity contribution >= 4 is 11.4 Å². The molecule has 0 bridgehead atoms. The van der Waals surface area contributed by atoms with Gasteiger partial charge >= 0.3 is 5.87 Å². The van der Waals surface area contributed by atoms with E-state index in [0.717, 1.165) is 50.5 Å². The van der Waals surface area contributed by atoms with Gasteiger partial charge in [0.15, 0.2) is 0 Å². The standard InChI is InChI=1S/C46H72N2/c1-7-11-15-18-21-24-27-40-34-41(28-25-22-19-16-12-8-2)36-44(35-40)46(43-32-38(5)31-39(6)33-43)45(30-26-23-20-17-13-9-3)42(37-48-47)29-14-10-4/h31-36H,7-30H2,1-6H3. The molecular weight excluding hydrogens is 581 g/mol. The monoisotopic (exact) mass is 653 g/mol. The molecule has 0 amide bonds. The highest BCUT2D eigenvalue weighted by Gasteiger charge is 2.20. The lowest BCUT2D eigenvalue weighted by Gasteiger charge is -2.20. The topological polar surface area (TPSA) is 36.4 Å². The lowest BCUT2D eigenvalue weighted by Crippen LogP contribution is -2.03. The van der Waals surface area contributed by atoms with Crippen molar-refractivity contribution in [3.63, 3.8) is 0 Å². The van der Waals surface area contributed by atoms with Gasteiger partial charge < -0.3 is 5.53 Å². The van der Waals surface area contributed by atoms with E-state index >= 15 is 0 Å². The zero-order valence-electron chi connectivity index (χ0n) is 32.3. The molecule has 0 aliphatic carbocycles. The van der Waals surface area contributed by atoms with Gasteiger partial charge in [-0.25, -0.2) is 0 Å². The molecule has 2 rings (SSSR count). The van der Waals surface area contributed by atoms with Gasteiger partial charge in [-0.15, -0.1) is 4.79 Å². The Balaban J connectivity index is 2.69. The molecule has 48 heavy (non-hydrogen) atoms. The number of benzene rings is 2. The fourth-order valence-corrected chi connectivity index (χ4v) is 7.25. The van der Waals surface area contributed by atoms with E-state index in [1.807, 2.05) is 0 Å². The largest absolute Gasteiger partial charge is 0.348 e. The Morgan fingerprint density at radius 3 is 1.42 bits per heavy atom. The van der Waals surface area contributed by atoms with E-state index in [2.05, 4.69) is 88.6 Å². The van der Waals surface area contributed by atoms with Gasteiger partial charge in [-0.1, -0.05) is 178 Å². The number of rotatable bonds is 27. The molecule has 0 spiro atoms. The summed E-state index contributed by atoms with van der Waals surface area (Å²) in [6.45, 7) is 13.6. The SMILES string of the molecule is CCCCCCCCC(C(=C=[N+]=[N-])CCCC)=C(c1cc(C)cc(C)c1)c1cc(CCCCCCCC)cc(CCCCCCCC)c1. The third-order valence-corrected chi connectivity index (χ3v) is 9.90. The number of unbranched alkanes of at least 4 members (excludes halogenated alkanes) is 16. The van der Waals surface area contributed by atoms with E-state index in [-0.39, 0.29) is 0 Å². The smallest absolute Gasteiger partial charge is 0.303 e. The summed E-state index contributed by atoms with van der Waals surface area (Å²) in [5.74, 6) is 3.11. The first-order valence-electron chi connectivity index (χ1n) is 20.4. The van der Waals surface area contributed by atoms with Crippen molar-refractivity contribution in [2.75, 3.05) is 0 Å². The first-order chi connectivity index (χ1) is 23.5. The van der Waals surface area contributed by atoms with E-state index in [4.69, 9.17) is 0 Å². The molecule has 0 saturated heterocycles. The second-order valence-corrected chi connectivity index (χ2v) is 14.6. The normalized spacial score (nSPS) is 11.7. The molecule has 266 valence electrons. The highest BCUT2D eigenvalue weighted by molar-refractivity contribution is 5.87. The van der Waals surface area contributed by atoms with Gasteiger partial charge in [0.2, 0.25) is 0 Å². The van der Waals surface area contributed by atoms with Gasteiger partial charge in [-0.2, -0.15) is 0 Å². The summed E-state index contributed by atoms with van der Waals surface area (Å²) >= 11 is 0. The molecule has 0 saturated carbocycles. The molecule has 0 radical (unpaired) electrons.